The third-order valence-corrected chi connectivity index (χ3v) is 6.54. The Bertz CT molecular complexity index is 987. The highest BCUT2D eigenvalue weighted by molar-refractivity contribution is 7.89. The molecular weight excluding hydrogens is 416 g/mol. The summed E-state index contributed by atoms with van der Waals surface area (Å²) in [5, 5.41) is 5.72. The molecule has 0 radical (unpaired) electrons. The van der Waals surface area contributed by atoms with Crippen LogP contribution in [0.1, 0.15) is 30.1 Å². The van der Waals surface area contributed by atoms with Gasteiger partial charge in [-0.05, 0) is 55.0 Å². The summed E-state index contributed by atoms with van der Waals surface area (Å²) in [6.45, 7) is 2.50. The van der Waals surface area contributed by atoms with Crippen LogP contribution in [0.3, 0.4) is 0 Å². The minimum atomic E-state index is -3.52. The summed E-state index contributed by atoms with van der Waals surface area (Å²) in [4.78, 5) is 25.8. The van der Waals surface area contributed by atoms with Crippen molar-refractivity contribution in [3.63, 3.8) is 0 Å². The molecule has 0 fully saturated rings. The van der Waals surface area contributed by atoms with Crippen molar-refractivity contribution in [3.05, 3.63) is 54.1 Å². The lowest BCUT2D eigenvalue weighted by Crippen LogP contribution is -2.28. The highest BCUT2D eigenvalue weighted by Crippen LogP contribution is 2.18. The summed E-state index contributed by atoms with van der Waals surface area (Å²) in [6.07, 6.45) is 1.72. The molecule has 0 aliphatic carbocycles. The van der Waals surface area contributed by atoms with Gasteiger partial charge >= 0.3 is 0 Å². The van der Waals surface area contributed by atoms with E-state index >= 15 is 0 Å². The van der Waals surface area contributed by atoms with Crippen LogP contribution in [0, 0.1) is 0 Å². The topological polar surface area (TPSA) is 98.8 Å². The summed E-state index contributed by atoms with van der Waals surface area (Å²) in [7, 11) is 1.41. The minimum Gasteiger partial charge on any atom is -0.376 e. The van der Waals surface area contributed by atoms with Gasteiger partial charge < -0.3 is 15.5 Å². The van der Waals surface area contributed by atoms with E-state index in [0.717, 1.165) is 12.8 Å². The molecule has 2 aromatic rings. The molecule has 0 saturated heterocycles. The Hall–Kier alpha value is -2.91. The van der Waals surface area contributed by atoms with E-state index in [1.807, 2.05) is 6.92 Å². The lowest BCUT2D eigenvalue weighted by Gasteiger charge is -2.17. The van der Waals surface area contributed by atoms with Gasteiger partial charge in [-0.3, -0.25) is 9.59 Å². The molecule has 2 N–H and O–H groups in total. The number of unbranched alkanes of at least 4 members (excludes halogenated alkanes) is 1. The van der Waals surface area contributed by atoms with Crippen molar-refractivity contribution < 1.29 is 18.0 Å². The van der Waals surface area contributed by atoms with Gasteiger partial charge in [-0.15, -0.1) is 0 Å². The number of nitrogens with one attached hydrogen (secondary N) is 2. The standard InChI is InChI=1S/C22H30N4O4S/c1-5-6-15-26(4)31(29,30)20-13-11-18(12-14-20)23-16-21(27)24-19-9-7-17(8-10-19)22(28)25(2)3/h7-14,23H,5-6,15-16H2,1-4H3,(H,24,27). The van der Waals surface area contributed by atoms with Gasteiger partial charge in [-0.25, -0.2) is 12.7 Å². The van der Waals surface area contributed by atoms with Crippen LogP contribution in [0.4, 0.5) is 11.4 Å². The molecule has 0 aliphatic heterocycles. The van der Waals surface area contributed by atoms with E-state index in [1.165, 1.54) is 21.3 Å². The Labute approximate surface area is 184 Å². The van der Waals surface area contributed by atoms with Gasteiger partial charge in [0, 0.05) is 44.6 Å². The summed E-state index contributed by atoms with van der Waals surface area (Å²) >= 11 is 0. The average molecular weight is 447 g/mol. The quantitative estimate of drug-likeness (QED) is 0.585. The fourth-order valence-corrected chi connectivity index (χ4v) is 3.98. The summed E-state index contributed by atoms with van der Waals surface area (Å²) in [5.41, 5.74) is 1.76. The van der Waals surface area contributed by atoms with Crippen LogP contribution in [0.15, 0.2) is 53.4 Å². The predicted octanol–water partition coefficient (Wildman–Crippen LogP) is 2.86. The zero-order valence-corrected chi connectivity index (χ0v) is 19.2. The molecule has 0 saturated carbocycles. The van der Waals surface area contributed by atoms with Crippen molar-refractivity contribution in [1.82, 2.24) is 9.21 Å². The molecule has 0 aromatic heterocycles. The smallest absolute Gasteiger partial charge is 0.253 e. The number of rotatable bonds is 10. The van der Waals surface area contributed by atoms with Gasteiger partial charge in [0.25, 0.3) is 5.91 Å². The molecule has 0 unspecified atom stereocenters. The van der Waals surface area contributed by atoms with Gasteiger partial charge in [0.1, 0.15) is 0 Å². The summed E-state index contributed by atoms with van der Waals surface area (Å²) in [6, 6.07) is 13.0. The Balaban J connectivity index is 1.90. The van der Waals surface area contributed by atoms with Crippen LogP contribution in [-0.4, -0.2) is 63.7 Å². The van der Waals surface area contributed by atoms with E-state index in [4.69, 9.17) is 0 Å². The van der Waals surface area contributed by atoms with E-state index in [1.54, 1.807) is 57.5 Å². The van der Waals surface area contributed by atoms with E-state index < -0.39 is 10.0 Å². The second kappa shape index (κ2) is 10.9. The first-order valence-electron chi connectivity index (χ1n) is 10.1. The Morgan fingerprint density at radius 3 is 2.03 bits per heavy atom. The van der Waals surface area contributed by atoms with E-state index in [9.17, 15) is 18.0 Å². The van der Waals surface area contributed by atoms with Crippen molar-refractivity contribution in [2.24, 2.45) is 0 Å². The first-order valence-corrected chi connectivity index (χ1v) is 11.5. The number of carbonyl (C=O) groups excluding carboxylic acids is 2. The molecule has 0 spiro atoms. The van der Waals surface area contributed by atoms with Gasteiger partial charge in [-0.1, -0.05) is 13.3 Å². The zero-order valence-electron chi connectivity index (χ0n) is 18.4. The van der Waals surface area contributed by atoms with Crippen LogP contribution in [0.25, 0.3) is 0 Å². The third kappa shape index (κ3) is 6.80. The summed E-state index contributed by atoms with van der Waals surface area (Å²) in [5.74, 6) is -0.371. The Kier molecular flexibility index (Phi) is 8.58. The highest BCUT2D eigenvalue weighted by Gasteiger charge is 2.19. The van der Waals surface area contributed by atoms with Crippen molar-refractivity contribution in [2.75, 3.05) is 44.9 Å². The molecule has 0 atom stereocenters. The van der Waals surface area contributed by atoms with Crippen LogP contribution in [0.5, 0.6) is 0 Å². The number of nitrogens with zero attached hydrogens (tertiary/aromatic N) is 2. The van der Waals surface area contributed by atoms with E-state index in [2.05, 4.69) is 10.6 Å². The fourth-order valence-electron chi connectivity index (χ4n) is 2.77. The van der Waals surface area contributed by atoms with E-state index in [0.29, 0.717) is 23.5 Å². The van der Waals surface area contributed by atoms with Crippen molar-refractivity contribution in [2.45, 2.75) is 24.7 Å². The Morgan fingerprint density at radius 1 is 0.903 bits per heavy atom. The summed E-state index contributed by atoms with van der Waals surface area (Å²) < 4.78 is 26.4. The van der Waals surface area contributed by atoms with Crippen molar-refractivity contribution in [3.8, 4) is 0 Å². The number of amides is 2. The molecule has 2 aromatic carbocycles. The fraction of sp³-hybridized carbons (Fsp3) is 0.364. The molecule has 0 bridgehead atoms. The first-order chi connectivity index (χ1) is 14.6. The predicted molar refractivity (Wildman–Crippen MR) is 123 cm³/mol. The largest absolute Gasteiger partial charge is 0.376 e. The molecule has 0 heterocycles. The first kappa shape index (κ1) is 24.4. The maximum absolute atomic E-state index is 12.5. The van der Waals surface area contributed by atoms with Gasteiger partial charge in [-0.2, -0.15) is 0 Å². The molecule has 8 nitrogen and oxygen atoms in total. The second-order valence-electron chi connectivity index (χ2n) is 7.38. The second-order valence-corrected chi connectivity index (χ2v) is 9.43. The monoisotopic (exact) mass is 446 g/mol. The van der Waals surface area contributed by atoms with Gasteiger partial charge in [0.05, 0.1) is 11.4 Å². The molecule has 31 heavy (non-hydrogen) atoms. The maximum atomic E-state index is 12.5. The van der Waals surface area contributed by atoms with Crippen LogP contribution >= 0.6 is 0 Å². The molecular formula is C22H30N4O4S. The highest BCUT2D eigenvalue weighted by atomic mass is 32.2. The number of sulfonamides is 1. The molecule has 2 rings (SSSR count). The number of hydrogen-bond acceptors (Lipinski definition) is 5. The van der Waals surface area contributed by atoms with Crippen molar-refractivity contribution in [1.29, 1.82) is 0 Å². The number of anilines is 2. The van der Waals surface area contributed by atoms with Gasteiger partial charge in [0.15, 0.2) is 0 Å². The maximum Gasteiger partial charge on any atom is 0.253 e. The number of carbonyl (C=O) groups is 2. The lowest BCUT2D eigenvalue weighted by molar-refractivity contribution is -0.114. The van der Waals surface area contributed by atoms with E-state index in [-0.39, 0.29) is 23.3 Å². The van der Waals surface area contributed by atoms with Crippen molar-refractivity contribution >= 4 is 33.2 Å². The van der Waals surface area contributed by atoms with Gasteiger partial charge in [0.2, 0.25) is 15.9 Å². The molecule has 2 amide bonds. The average Bonchev–Trinajstić information content (AvgIpc) is 2.76. The number of hydrogen-bond donors (Lipinski definition) is 2. The lowest BCUT2D eigenvalue weighted by atomic mass is 10.2. The molecule has 168 valence electrons. The normalized spacial score (nSPS) is 11.3. The molecule has 9 heteroatoms. The minimum absolute atomic E-state index is 0.0148. The third-order valence-electron chi connectivity index (χ3n) is 4.66. The molecule has 0 aliphatic rings. The Morgan fingerprint density at radius 2 is 1.48 bits per heavy atom. The van der Waals surface area contributed by atoms with Crippen LogP contribution in [0.2, 0.25) is 0 Å². The zero-order chi connectivity index (χ0) is 23.0. The van der Waals surface area contributed by atoms with Crippen LogP contribution < -0.4 is 10.6 Å². The SMILES string of the molecule is CCCCN(C)S(=O)(=O)c1ccc(NCC(=O)Nc2ccc(C(=O)N(C)C)cc2)cc1. The van der Waals surface area contributed by atoms with Crippen LogP contribution in [-0.2, 0) is 14.8 Å². The number of benzene rings is 2.